The van der Waals surface area contributed by atoms with Crippen molar-refractivity contribution in [1.82, 2.24) is 10.3 Å². The molecule has 0 aliphatic carbocycles. The van der Waals surface area contributed by atoms with E-state index in [1.54, 1.807) is 19.1 Å². The molecule has 0 fully saturated rings. The van der Waals surface area contributed by atoms with Crippen LogP contribution < -0.4 is 5.32 Å². The first kappa shape index (κ1) is 15.6. The molecule has 0 bridgehead atoms. The number of amides is 1. The zero-order valence-electron chi connectivity index (χ0n) is 11.3. The number of carboxylic acid groups (broad SMARTS) is 1. The molecule has 1 heterocycles. The van der Waals surface area contributed by atoms with Crippen molar-refractivity contribution in [2.75, 3.05) is 7.11 Å². The summed E-state index contributed by atoms with van der Waals surface area (Å²) < 4.78 is 4.43. The van der Waals surface area contributed by atoms with Gasteiger partial charge in [-0.25, -0.2) is 4.79 Å². The Labute approximate surface area is 116 Å². The van der Waals surface area contributed by atoms with Gasteiger partial charge in [-0.3, -0.25) is 14.6 Å². The molecule has 1 aromatic rings. The van der Waals surface area contributed by atoms with Crippen LogP contribution >= 0.6 is 0 Å². The van der Waals surface area contributed by atoms with Gasteiger partial charge in [-0.1, -0.05) is 0 Å². The highest BCUT2D eigenvalue weighted by atomic mass is 16.5. The number of carbonyl (C=O) groups is 3. The van der Waals surface area contributed by atoms with Crippen molar-refractivity contribution in [1.29, 1.82) is 0 Å². The maximum absolute atomic E-state index is 11.9. The Bertz CT molecular complexity index is 498. The van der Waals surface area contributed by atoms with Gasteiger partial charge in [-0.05, 0) is 25.5 Å². The predicted octanol–water partition coefficient (Wildman–Crippen LogP) is 0.526. The smallest absolute Gasteiger partial charge is 0.326 e. The van der Waals surface area contributed by atoms with Crippen LogP contribution in [-0.2, 0) is 14.3 Å². The van der Waals surface area contributed by atoms with E-state index in [1.165, 1.54) is 13.3 Å². The molecule has 7 nitrogen and oxygen atoms in total. The Hall–Kier alpha value is -2.44. The van der Waals surface area contributed by atoms with Crippen LogP contribution in [0.4, 0.5) is 0 Å². The number of esters is 1. The van der Waals surface area contributed by atoms with Gasteiger partial charge in [0.15, 0.2) is 0 Å². The summed E-state index contributed by atoms with van der Waals surface area (Å²) in [6.07, 6.45) is 1.25. The van der Waals surface area contributed by atoms with Crippen LogP contribution in [0.15, 0.2) is 18.3 Å². The summed E-state index contributed by atoms with van der Waals surface area (Å²) >= 11 is 0. The lowest BCUT2D eigenvalue weighted by molar-refractivity contribution is -0.142. The minimum Gasteiger partial charge on any atom is -0.480 e. The third-order valence-corrected chi connectivity index (χ3v) is 2.64. The summed E-state index contributed by atoms with van der Waals surface area (Å²) in [6.45, 7) is 1.78. The van der Waals surface area contributed by atoms with Crippen molar-refractivity contribution in [3.8, 4) is 0 Å². The van der Waals surface area contributed by atoms with Gasteiger partial charge < -0.3 is 15.2 Å². The Morgan fingerprint density at radius 1 is 1.40 bits per heavy atom. The van der Waals surface area contributed by atoms with Crippen LogP contribution in [0.5, 0.6) is 0 Å². The van der Waals surface area contributed by atoms with Crippen LogP contribution in [0.1, 0.15) is 28.9 Å². The van der Waals surface area contributed by atoms with E-state index in [0.29, 0.717) is 0 Å². The minimum atomic E-state index is -1.21. The molecule has 0 spiro atoms. The van der Waals surface area contributed by atoms with E-state index < -0.39 is 23.9 Å². The number of carbonyl (C=O) groups excluding carboxylic acids is 2. The molecule has 0 saturated heterocycles. The molecule has 1 aromatic heterocycles. The average molecular weight is 280 g/mol. The number of aliphatic carboxylic acids is 1. The maximum atomic E-state index is 11.9. The lowest BCUT2D eigenvalue weighted by Gasteiger charge is -2.13. The largest absolute Gasteiger partial charge is 0.480 e. The van der Waals surface area contributed by atoms with Gasteiger partial charge in [-0.15, -0.1) is 0 Å². The standard InChI is InChI=1S/C13H16N2O5/c1-8-3-4-9(7-14-8)12(17)15-10(13(18)19)5-6-11(16)20-2/h3-4,7,10H,5-6H2,1-2H3,(H,15,17)(H,18,19). The fourth-order valence-electron chi connectivity index (χ4n) is 1.47. The number of pyridine rings is 1. The van der Waals surface area contributed by atoms with Crippen molar-refractivity contribution < 1.29 is 24.2 Å². The number of aromatic nitrogens is 1. The summed E-state index contributed by atoms with van der Waals surface area (Å²) in [5.41, 5.74) is 1.02. The number of carboxylic acids is 1. The zero-order chi connectivity index (χ0) is 15.1. The van der Waals surface area contributed by atoms with Crippen LogP contribution in [0.25, 0.3) is 0 Å². The molecule has 20 heavy (non-hydrogen) atoms. The van der Waals surface area contributed by atoms with Gasteiger partial charge >= 0.3 is 11.9 Å². The molecule has 0 radical (unpaired) electrons. The molecule has 108 valence electrons. The van der Waals surface area contributed by atoms with Crippen molar-refractivity contribution in [2.45, 2.75) is 25.8 Å². The minimum absolute atomic E-state index is 0.0347. The Morgan fingerprint density at radius 2 is 2.10 bits per heavy atom. The van der Waals surface area contributed by atoms with E-state index in [9.17, 15) is 14.4 Å². The number of nitrogens with zero attached hydrogens (tertiary/aromatic N) is 1. The van der Waals surface area contributed by atoms with Gasteiger partial charge in [0.05, 0.1) is 12.7 Å². The Morgan fingerprint density at radius 3 is 2.60 bits per heavy atom. The van der Waals surface area contributed by atoms with Gasteiger partial charge in [0, 0.05) is 18.3 Å². The SMILES string of the molecule is COC(=O)CCC(NC(=O)c1ccc(C)nc1)C(=O)O. The van der Waals surface area contributed by atoms with Crippen molar-refractivity contribution >= 4 is 17.8 Å². The van der Waals surface area contributed by atoms with E-state index in [4.69, 9.17) is 5.11 Å². The first-order valence-corrected chi connectivity index (χ1v) is 5.97. The number of nitrogens with one attached hydrogen (secondary N) is 1. The highest BCUT2D eigenvalue weighted by Crippen LogP contribution is 2.04. The Kier molecular flexibility index (Phi) is 5.64. The van der Waals surface area contributed by atoms with Crippen molar-refractivity contribution in [2.24, 2.45) is 0 Å². The summed E-state index contributed by atoms with van der Waals surface area (Å²) in [5, 5.41) is 11.4. The molecular formula is C13H16N2O5. The van der Waals surface area contributed by atoms with Gasteiger partial charge in [0.25, 0.3) is 5.91 Å². The van der Waals surface area contributed by atoms with Gasteiger partial charge in [0.2, 0.25) is 0 Å². The second-order valence-corrected chi connectivity index (χ2v) is 4.17. The van der Waals surface area contributed by atoms with Gasteiger partial charge in [-0.2, -0.15) is 0 Å². The number of hydrogen-bond donors (Lipinski definition) is 2. The lowest BCUT2D eigenvalue weighted by Crippen LogP contribution is -2.41. The van der Waals surface area contributed by atoms with Crippen LogP contribution in [-0.4, -0.2) is 41.1 Å². The molecule has 0 aromatic carbocycles. The highest BCUT2D eigenvalue weighted by molar-refractivity contribution is 5.96. The number of hydrogen-bond acceptors (Lipinski definition) is 5. The third kappa shape index (κ3) is 4.68. The monoisotopic (exact) mass is 280 g/mol. The molecule has 1 atom stereocenters. The molecule has 1 rings (SSSR count). The molecule has 1 unspecified atom stereocenters. The van der Waals surface area contributed by atoms with Crippen molar-refractivity contribution in [3.63, 3.8) is 0 Å². The van der Waals surface area contributed by atoms with E-state index in [0.717, 1.165) is 5.69 Å². The van der Waals surface area contributed by atoms with Crippen LogP contribution in [0.2, 0.25) is 0 Å². The second kappa shape index (κ2) is 7.22. The van der Waals surface area contributed by atoms with E-state index >= 15 is 0 Å². The zero-order valence-corrected chi connectivity index (χ0v) is 11.3. The fourth-order valence-corrected chi connectivity index (χ4v) is 1.47. The number of ether oxygens (including phenoxy) is 1. The Balaban J connectivity index is 2.65. The molecule has 0 aliphatic heterocycles. The molecular weight excluding hydrogens is 264 g/mol. The average Bonchev–Trinajstić information content (AvgIpc) is 2.43. The molecule has 2 N–H and O–H groups in total. The van der Waals surface area contributed by atoms with E-state index in [1.807, 2.05) is 0 Å². The van der Waals surface area contributed by atoms with E-state index in [2.05, 4.69) is 15.0 Å². The first-order valence-electron chi connectivity index (χ1n) is 5.97. The summed E-state index contributed by atoms with van der Waals surface area (Å²) in [4.78, 5) is 37.8. The fraction of sp³-hybridized carbons (Fsp3) is 0.385. The molecule has 0 aliphatic rings. The highest BCUT2D eigenvalue weighted by Gasteiger charge is 2.21. The van der Waals surface area contributed by atoms with Crippen LogP contribution in [0, 0.1) is 6.92 Å². The predicted molar refractivity (Wildman–Crippen MR) is 69.1 cm³/mol. The van der Waals surface area contributed by atoms with Crippen LogP contribution in [0.3, 0.4) is 0 Å². The quantitative estimate of drug-likeness (QED) is 0.736. The first-order chi connectivity index (χ1) is 9.43. The summed E-state index contributed by atoms with van der Waals surface area (Å²) in [7, 11) is 1.22. The third-order valence-electron chi connectivity index (χ3n) is 2.64. The maximum Gasteiger partial charge on any atom is 0.326 e. The van der Waals surface area contributed by atoms with E-state index in [-0.39, 0.29) is 18.4 Å². The molecule has 1 amide bonds. The second-order valence-electron chi connectivity index (χ2n) is 4.17. The van der Waals surface area contributed by atoms with Crippen molar-refractivity contribution in [3.05, 3.63) is 29.6 Å². The van der Waals surface area contributed by atoms with Gasteiger partial charge in [0.1, 0.15) is 6.04 Å². The number of methoxy groups -OCH3 is 1. The normalized spacial score (nSPS) is 11.5. The number of rotatable bonds is 6. The summed E-state index contributed by atoms with van der Waals surface area (Å²) in [5.74, 6) is -2.28. The lowest BCUT2D eigenvalue weighted by atomic mass is 10.1. The summed E-state index contributed by atoms with van der Waals surface area (Å²) in [6, 6.07) is 2.05. The molecule has 7 heteroatoms. The molecule has 0 saturated carbocycles. The number of aryl methyl sites for hydroxylation is 1. The topological polar surface area (TPSA) is 106 Å².